The van der Waals surface area contributed by atoms with Crippen molar-refractivity contribution in [2.75, 3.05) is 18.5 Å². The van der Waals surface area contributed by atoms with Crippen LogP contribution in [-0.2, 0) is 18.9 Å². The Morgan fingerprint density at radius 2 is 1.25 bits per heavy atom. The Bertz CT molecular complexity index is 2330. The van der Waals surface area contributed by atoms with E-state index in [0.717, 1.165) is 0 Å². The van der Waals surface area contributed by atoms with Crippen molar-refractivity contribution >= 4 is 40.7 Å². The Labute approximate surface area is 314 Å². The van der Waals surface area contributed by atoms with Crippen LogP contribution in [0, 0.1) is 11.8 Å². The van der Waals surface area contributed by atoms with Gasteiger partial charge < -0.3 is 28.8 Å². The molecule has 6 aromatic rings. The number of carbonyl (C=O) groups is 4. The number of esters is 3. The average Bonchev–Trinajstić information content (AvgIpc) is 3.67. The minimum absolute atomic E-state index is 0.0977. The van der Waals surface area contributed by atoms with Gasteiger partial charge in [0.2, 0.25) is 6.10 Å². The quantitative estimate of drug-likeness (QED) is 0.0716. The van der Waals surface area contributed by atoms with Crippen molar-refractivity contribution in [1.82, 2.24) is 14.5 Å². The number of amides is 1. The minimum atomic E-state index is -3.18. The Morgan fingerprint density at radius 3 is 1.82 bits per heavy atom. The standard InChI is InChI=1S/C42H33FN4O8/c1-2-15-34(54-41(51)32-22-13-6-14-23-32)42(43,27-53-40(50)31-20-11-5-12-21-31)55-35(26-52-39(49)30-18-9-4-10-19-30)47-25-24-33-36(44-28-45-37(33)47)46-38(48)29-16-7-3-8-17-29/h3-14,16-25,28,34-35H,26-27H2,1H3,(H,44,45,46,48)/t34-,35+,42+/m0/s1. The lowest BCUT2D eigenvalue weighted by atomic mass is 10.1. The Kier molecular flexibility index (Phi) is 12.0. The van der Waals surface area contributed by atoms with Gasteiger partial charge in [-0.25, -0.2) is 28.7 Å². The lowest BCUT2D eigenvalue weighted by Crippen LogP contribution is -2.49. The molecule has 1 N–H and O–H groups in total. The molecule has 0 aliphatic heterocycles. The molecular weight excluding hydrogens is 707 g/mol. The van der Waals surface area contributed by atoms with Gasteiger partial charge in [0, 0.05) is 11.8 Å². The van der Waals surface area contributed by atoms with E-state index < -0.39 is 55.2 Å². The molecule has 1 amide bonds. The molecule has 0 unspecified atom stereocenters. The number of benzene rings is 4. The molecule has 0 aliphatic rings. The monoisotopic (exact) mass is 740 g/mol. The van der Waals surface area contributed by atoms with Crippen LogP contribution in [0.4, 0.5) is 10.2 Å². The van der Waals surface area contributed by atoms with Gasteiger partial charge in [0.05, 0.1) is 22.1 Å². The van der Waals surface area contributed by atoms with Crippen LogP contribution in [0.5, 0.6) is 0 Å². The number of hydrogen-bond donors (Lipinski definition) is 1. The van der Waals surface area contributed by atoms with E-state index in [1.54, 1.807) is 91.0 Å². The van der Waals surface area contributed by atoms with Crippen LogP contribution in [0.25, 0.3) is 11.0 Å². The normalized spacial score (nSPS) is 12.9. The summed E-state index contributed by atoms with van der Waals surface area (Å²) in [6, 6.07) is 33.8. The summed E-state index contributed by atoms with van der Waals surface area (Å²) in [5, 5.41) is 3.09. The molecule has 2 heterocycles. The lowest BCUT2D eigenvalue weighted by Gasteiger charge is -2.33. The summed E-state index contributed by atoms with van der Waals surface area (Å²) >= 11 is 0. The van der Waals surface area contributed by atoms with Gasteiger partial charge in [0.25, 0.3) is 11.8 Å². The molecule has 0 fully saturated rings. The van der Waals surface area contributed by atoms with Crippen LogP contribution in [0.1, 0.15) is 54.6 Å². The number of rotatable bonds is 14. The molecule has 4 aromatic carbocycles. The highest BCUT2D eigenvalue weighted by molar-refractivity contribution is 6.07. The minimum Gasteiger partial charge on any atom is -0.457 e. The van der Waals surface area contributed by atoms with Crippen LogP contribution in [0.2, 0.25) is 0 Å². The smallest absolute Gasteiger partial charge is 0.339 e. The van der Waals surface area contributed by atoms with Gasteiger partial charge in [-0.15, -0.1) is 5.92 Å². The number of aromatic nitrogens is 3. The molecule has 0 bridgehead atoms. The number of nitrogens with zero attached hydrogens (tertiary/aromatic N) is 3. The second kappa shape index (κ2) is 17.6. The molecule has 55 heavy (non-hydrogen) atoms. The number of carbonyl (C=O) groups excluding carboxylic acids is 4. The van der Waals surface area contributed by atoms with Gasteiger partial charge in [-0.3, -0.25) is 4.79 Å². The summed E-state index contributed by atoms with van der Waals surface area (Å²) < 4.78 is 41.9. The number of halogens is 1. The van der Waals surface area contributed by atoms with E-state index in [1.807, 2.05) is 0 Å². The third-order valence-electron chi connectivity index (χ3n) is 8.10. The largest absolute Gasteiger partial charge is 0.457 e. The predicted octanol–water partition coefficient (Wildman–Crippen LogP) is 6.83. The van der Waals surface area contributed by atoms with Crippen LogP contribution in [0.15, 0.2) is 140 Å². The highest BCUT2D eigenvalue weighted by Crippen LogP contribution is 2.32. The Balaban J connectivity index is 1.38. The molecule has 6 rings (SSSR count). The van der Waals surface area contributed by atoms with Crippen molar-refractivity contribution in [2.24, 2.45) is 0 Å². The van der Waals surface area contributed by atoms with Crippen LogP contribution in [0.3, 0.4) is 0 Å². The van der Waals surface area contributed by atoms with E-state index in [2.05, 4.69) is 27.1 Å². The van der Waals surface area contributed by atoms with Crippen molar-refractivity contribution in [3.63, 3.8) is 0 Å². The summed E-state index contributed by atoms with van der Waals surface area (Å²) in [7, 11) is 0. The van der Waals surface area contributed by atoms with Gasteiger partial charge in [-0.1, -0.05) is 78.7 Å². The molecule has 3 atom stereocenters. The first-order valence-corrected chi connectivity index (χ1v) is 16.9. The number of anilines is 1. The van der Waals surface area contributed by atoms with Crippen LogP contribution < -0.4 is 5.32 Å². The predicted molar refractivity (Wildman–Crippen MR) is 198 cm³/mol. The SMILES string of the molecule is CC#C[C@H](OC(=O)c1ccccc1)[C@@](F)(COC(=O)c1ccccc1)O[C@H](COC(=O)c1ccccc1)n1ccc2c(NC(=O)c3ccccc3)ncnc21. The summed E-state index contributed by atoms with van der Waals surface area (Å²) in [6.45, 7) is -0.331. The third-order valence-corrected chi connectivity index (χ3v) is 8.10. The van der Waals surface area contributed by atoms with E-state index in [-0.39, 0.29) is 28.2 Å². The highest BCUT2D eigenvalue weighted by atomic mass is 19.2. The van der Waals surface area contributed by atoms with Crippen molar-refractivity contribution < 1.29 is 42.5 Å². The van der Waals surface area contributed by atoms with E-state index in [9.17, 15) is 19.2 Å². The van der Waals surface area contributed by atoms with Crippen molar-refractivity contribution in [1.29, 1.82) is 0 Å². The van der Waals surface area contributed by atoms with Crippen LogP contribution in [-0.4, -0.2) is 63.5 Å². The third kappa shape index (κ3) is 9.26. The van der Waals surface area contributed by atoms with Gasteiger partial charge in [-0.05, 0) is 61.5 Å². The van der Waals surface area contributed by atoms with Crippen molar-refractivity contribution in [3.8, 4) is 11.8 Å². The molecule has 0 spiro atoms. The van der Waals surface area contributed by atoms with E-state index in [4.69, 9.17) is 18.9 Å². The fourth-order valence-corrected chi connectivity index (χ4v) is 5.37. The van der Waals surface area contributed by atoms with Crippen LogP contribution >= 0.6 is 0 Å². The highest BCUT2D eigenvalue weighted by Gasteiger charge is 2.47. The number of nitrogens with one attached hydrogen (secondary N) is 1. The topological polar surface area (TPSA) is 148 Å². The van der Waals surface area contributed by atoms with Gasteiger partial charge >= 0.3 is 17.9 Å². The number of hydrogen-bond acceptors (Lipinski definition) is 10. The molecule has 13 heteroatoms. The van der Waals surface area contributed by atoms with E-state index in [0.29, 0.717) is 10.9 Å². The molecule has 276 valence electrons. The van der Waals surface area contributed by atoms with E-state index >= 15 is 4.39 Å². The van der Waals surface area contributed by atoms with Gasteiger partial charge in [0.15, 0.2) is 12.8 Å². The summed E-state index contributed by atoms with van der Waals surface area (Å²) in [6.07, 6.45) is -0.886. The number of alkyl halides is 1. The zero-order valence-electron chi connectivity index (χ0n) is 29.3. The fraction of sp³-hybridized carbons (Fsp3) is 0.143. The molecule has 0 saturated heterocycles. The molecule has 12 nitrogen and oxygen atoms in total. The average molecular weight is 741 g/mol. The van der Waals surface area contributed by atoms with Gasteiger partial charge in [-0.2, -0.15) is 0 Å². The molecule has 0 radical (unpaired) electrons. The number of fused-ring (bicyclic) bond motifs is 1. The maximum absolute atomic E-state index is 17.8. The first kappa shape index (κ1) is 37.6. The molecule has 0 aliphatic carbocycles. The van der Waals surface area contributed by atoms with E-state index in [1.165, 1.54) is 60.4 Å². The lowest BCUT2D eigenvalue weighted by molar-refractivity contribution is -0.257. The van der Waals surface area contributed by atoms with Crippen molar-refractivity contribution in [3.05, 3.63) is 162 Å². The molecular formula is C42H33FN4O8. The second-order valence-corrected chi connectivity index (χ2v) is 11.8. The molecule has 2 aromatic heterocycles. The Hall–Kier alpha value is -7.17. The Morgan fingerprint density at radius 1 is 0.727 bits per heavy atom. The first-order chi connectivity index (χ1) is 26.8. The zero-order chi connectivity index (χ0) is 38.6. The maximum Gasteiger partial charge on any atom is 0.339 e. The summed E-state index contributed by atoms with van der Waals surface area (Å²) in [5.74, 6) is -0.980. The number of ether oxygens (including phenoxy) is 4. The summed E-state index contributed by atoms with van der Waals surface area (Å²) in [5.41, 5.74) is 0.947. The fourth-order valence-electron chi connectivity index (χ4n) is 5.37. The summed E-state index contributed by atoms with van der Waals surface area (Å²) in [4.78, 5) is 61.2. The molecule has 0 saturated carbocycles. The first-order valence-electron chi connectivity index (χ1n) is 16.9. The van der Waals surface area contributed by atoms with Gasteiger partial charge in [0.1, 0.15) is 24.4 Å². The second-order valence-electron chi connectivity index (χ2n) is 11.8. The van der Waals surface area contributed by atoms with Crippen molar-refractivity contribution in [2.45, 2.75) is 25.1 Å². The maximum atomic E-state index is 17.8. The zero-order valence-corrected chi connectivity index (χ0v) is 29.3.